The largest absolute Gasteiger partial charge is 0.497 e. The van der Waals surface area contributed by atoms with E-state index in [4.69, 9.17) is 16.3 Å². The number of ether oxygens (including phenoxy) is 1. The summed E-state index contributed by atoms with van der Waals surface area (Å²) >= 11 is 9.44. The first-order valence-electron chi connectivity index (χ1n) is 5.45. The lowest BCUT2D eigenvalue weighted by atomic mass is 10.0. The molecule has 0 spiro atoms. The molecular formula is C14H10BrClF2O. The summed E-state index contributed by atoms with van der Waals surface area (Å²) in [4.78, 5) is 0. The highest BCUT2D eigenvalue weighted by Gasteiger charge is 2.21. The third kappa shape index (κ3) is 3.07. The van der Waals surface area contributed by atoms with E-state index < -0.39 is 17.0 Å². The molecule has 100 valence electrons. The lowest BCUT2D eigenvalue weighted by molar-refractivity contribution is 0.405. The summed E-state index contributed by atoms with van der Waals surface area (Å²) in [6.45, 7) is 0. The van der Waals surface area contributed by atoms with Crippen LogP contribution in [0.25, 0.3) is 0 Å². The highest BCUT2D eigenvalue weighted by molar-refractivity contribution is 9.10. The van der Waals surface area contributed by atoms with E-state index in [-0.39, 0.29) is 11.3 Å². The average Bonchev–Trinajstić information content (AvgIpc) is 2.38. The van der Waals surface area contributed by atoms with Gasteiger partial charge in [-0.15, -0.1) is 11.6 Å². The summed E-state index contributed by atoms with van der Waals surface area (Å²) in [5, 5.41) is -0.890. The van der Waals surface area contributed by atoms with Crippen molar-refractivity contribution in [2.45, 2.75) is 5.38 Å². The number of methoxy groups -OCH3 is 1. The SMILES string of the molecule is COc1cc(F)c(C(Cl)c2ccc(Br)cc2)c(F)c1. The Labute approximate surface area is 123 Å². The maximum atomic E-state index is 13.9. The second kappa shape index (κ2) is 5.88. The van der Waals surface area contributed by atoms with Gasteiger partial charge in [0.05, 0.1) is 12.5 Å². The minimum atomic E-state index is -0.890. The molecule has 0 fully saturated rings. The molecule has 2 aromatic carbocycles. The second-order valence-electron chi connectivity index (χ2n) is 3.92. The predicted molar refractivity (Wildman–Crippen MR) is 74.7 cm³/mol. The normalized spacial score (nSPS) is 12.3. The van der Waals surface area contributed by atoms with Gasteiger partial charge in [-0.1, -0.05) is 28.1 Å². The van der Waals surface area contributed by atoms with Crippen LogP contribution in [-0.2, 0) is 0 Å². The van der Waals surface area contributed by atoms with Gasteiger partial charge in [-0.2, -0.15) is 0 Å². The first kappa shape index (κ1) is 14.3. The van der Waals surface area contributed by atoms with Gasteiger partial charge in [-0.3, -0.25) is 0 Å². The molecule has 0 aliphatic carbocycles. The van der Waals surface area contributed by atoms with Crippen molar-refractivity contribution < 1.29 is 13.5 Å². The number of hydrogen-bond donors (Lipinski definition) is 0. The summed E-state index contributed by atoms with van der Waals surface area (Å²) in [5.41, 5.74) is 0.442. The molecule has 1 nitrogen and oxygen atoms in total. The van der Waals surface area contributed by atoms with E-state index in [2.05, 4.69) is 15.9 Å². The number of rotatable bonds is 3. The van der Waals surface area contributed by atoms with Crippen LogP contribution in [0.15, 0.2) is 40.9 Å². The Morgan fingerprint density at radius 3 is 2.11 bits per heavy atom. The summed E-state index contributed by atoms with van der Waals surface area (Å²) < 4.78 is 33.5. The van der Waals surface area contributed by atoms with Gasteiger partial charge in [0.25, 0.3) is 0 Å². The van der Waals surface area contributed by atoms with Crippen molar-refractivity contribution in [3.05, 3.63) is 63.6 Å². The molecule has 2 rings (SSSR count). The molecule has 0 aromatic heterocycles. The molecule has 0 amide bonds. The summed E-state index contributed by atoms with van der Waals surface area (Å²) in [6, 6.07) is 9.20. The van der Waals surface area contributed by atoms with Gasteiger partial charge in [-0.25, -0.2) is 8.78 Å². The standard InChI is InChI=1S/C14H10BrClF2O/c1-19-10-6-11(17)13(12(18)7-10)14(16)8-2-4-9(15)5-3-8/h2-7,14H,1H3. The van der Waals surface area contributed by atoms with Crippen LogP contribution in [0.5, 0.6) is 5.75 Å². The smallest absolute Gasteiger partial charge is 0.134 e. The Hall–Kier alpha value is -1.13. The monoisotopic (exact) mass is 346 g/mol. The van der Waals surface area contributed by atoms with E-state index in [9.17, 15) is 8.78 Å². The van der Waals surface area contributed by atoms with Crippen LogP contribution in [0.4, 0.5) is 8.78 Å². The quantitative estimate of drug-likeness (QED) is 0.705. The molecule has 0 heterocycles. The van der Waals surface area contributed by atoms with Crippen molar-refractivity contribution in [2.24, 2.45) is 0 Å². The number of halogens is 4. The molecule has 0 saturated carbocycles. The Bertz CT molecular complexity index is 563. The number of benzene rings is 2. The highest BCUT2D eigenvalue weighted by atomic mass is 79.9. The average molecular weight is 348 g/mol. The zero-order valence-corrected chi connectivity index (χ0v) is 12.3. The number of alkyl halides is 1. The third-order valence-corrected chi connectivity index (χ3v) is 3.70. The van der Waals surface area contributed by atoms with E-state index >= 15 is 0 Å². The Morgan fingerprint density at radius 1 is 1.11 bits per heavy atom. The molecule has 0 N–H and O–H groups in total. The zero-order chi connectivity index (χ0) is 14.0. The Balaban J connectivity index is 2.44. The van der Waals surface area contributed by atoms with Gasteiger partial charge in [0.1, 0.15) is 17.4 Å². The molecule has 0 aliphatic rings. The van der Waals surface area contributed by atoms with Crippen LogP contribution in [0.2, 0.25) is 0 Å². The van der Waals surface area contributed by atoms with Crippen molar-refractivity contribution >= 4 is 27.5 Å². The Kier molecular flexibility index (Phi) is 4.42. The second-order valence-corrected chi connectivity index (χ2v) is 5.27. The summed E-state index contributed by atoms with van der Waals surface area (Å²) in [7, 11) is 1.35. The Morgan fingerprint density at radius 2 is 1.63 bits per heavy atom. The third-order valence-electron chi connectivity index (χ3n) is 2.70. The van der Waals surface area contributed by atoms with Gasteiger partial charge in [0.2, 0.25) is 0 Å². The fourth-order valence-corrected chi connectivity index (χ4v) is 2.34. The van der Waals surface area contributed by atoms with Crippen LogP contribution in [0, 0.1) is 11.6 Å². The highest BCUT2D eigenvalue weighted by Crippen LogP contribution is 2.34. The molecule has 2 aromatic rings. The van der Waals surface area contributed by atoms with Crippen molar-refractivity contribution in [2.75, 3.05) is 7.11 Å². The van der Waals surface area contributed by atoms with E-state index in [0.717, 1.165) is 16.6 Å². The molecule has 0 saturated heterocycles. The van der Waals surface area contributed by atoms with Gasteiger partial charge in [0, 0.05) is 22.2 Å². The molecule has 19 heavy (non-hydrogen) atoms. The maximum Gasteiger partial charge on any atom is 0.134 e. The first-order chi connectivity index (χ1) is 9.02. The van der Waals surface area contributed by atoms with Crippen LogP contribution in [0.1, 0.15) is 16.5 Å². The summed E-state index contributed by atoms with van der Waals surface area (Å²) in [6.07, 6.45) is 0. The van der Waals surface area contributed by atoms with E-state index in [1.807, 2.05) is 0 Å². The fraction of sp³-hybridized carbons (Fsp3) is 0.143. The van der Waals surface area contributed by atoms with Crippen molar-refractivity contribution in [3.8, 4) is 5.75 Å². The fourth-order valence-electron chi connectivity index (χ4n) is 1.72. The molecule has 1 unspecified atom stereocenters. The van der Waals surface area contributed by atoms with Crippen molar-refractivity contribution in [1.82, 2.24) is 0 Å². The molecule has 1 atom stereocenters. The first-order valence-corrected chi connectivity index (χ1v) is 6.68. The van der Waals surface area contributed by atoms with Gasteiger partial charge in [0.15, 0.2) is 0 Å². The predicted octanol–water partition coefficient (Wildman–Crippen LogP) is 5.06. The van der Waals surface area contributed by atoms with E-state index in [1.54, 1.807) is 24.3 Å². The minimum Gasteiger partial charge on any atom is -0.497 e. The molecule has 5 heteroatoms. The maximum absolute atomic E-state index is 13.9. The van der Waals surface area contributed by atoms with Crippen LogP contribution in [-0.4, -0.2) is 7.11 Å². The van der Waals surface area contributed by atoms with Crippen molar-refractivity contribution in [1.29, 1.82) is 0 Å². The minimum absolute atomic E-state index is 0.124. The van der Waals surface area contributed by atoms with Crippen molar-refractivity contribution in [3.63, 3.8) is 0 Å². The topological polar surface area (TPSA) is 9.23 Å². The molecule has 0 aliphatic heterocycles. The molecular weight excluding hydrogens is 338 g/mol. The molecule has 0 bridgehead atoms. The van der Waals surface area contributed by atoms with Crippen LogP contribution >= 0.6 is 27.5 Å². The van der Waals surface area contributed by atoms with Gasteiger partial charge >= 0.3 is 0 Å². The van der Waals surface area contributed by atoms with Crippen LogP contribution in [0.3, 0.4) is 0 Å². The van der Waals surface area contributed by atoms with Crippen LogP contribution < -0.4 is 4.74 Å². The lowest BCUT2D eigenvalue weighted by Gasteiger charge is -2.13. The summed E-state index contributed by atoms with van der Waals surface area (Å²) in [5.74, 6) is -1.32. The lowest BCUT2D eigenvalue weighted by Crippen LogP contribution is -2.02. The number of hydrogen-bond acceptors (Lipinski definition) is 1. The van der Waals surface area contributed by atoms with E-state index in [1.165, 1.54) is 7.11 Å². The van der Waals surface area contributed by atoms with E-state index in [0.29, 0.717) is 5.56 Å². The van der Waals surface area contributed by atoms with Gasteiger partial charge < -0.3 is 4.74 Å². The molecule has 0 radical (unpaired) electrons. The zero-order valence-electron chi connectivity index (χ0n) is 9.96. The van der Waals surface area contributed by atoms with Gasteiger partial charge in [-0.05, 0) is 17.7 Å².